The molecule has 1 aliphatic rings. The molecule has 1 N–H and O–H groups in total. The molecule has 0 unspecified atom stereocenters. The van der Waals surface area contributed by atoms with Crippen LogP contribution in [-0.2, 0) is 32.0 Å². The Balaban J connectivity index is 0.000000258. The van der Waals surface area contributed by atoms with Crippen LogP contribution < -0.4 is 0 Å². The monoisotopic (exact) mass is 403 g/mol. The molecule has 1 aliphatic carbocycles. The van der Waals surface area contributed by atoms with E-state index >= 15 is 0 Å². The molecule has 2 aromatic carbocycles. The van der Waals surface area contributed by atoms with Gasteiger partial charge in [-0.25, -0.2) is 0 Å². The molecule has 0 saturated carbocycles. The predicted molar refractivity (Wildman–Crippen MR) is 116 cm³/mol. The summed E-state index contributed by atoms with van der Waals surface area (Å²) in [7, 11) is 0. The van der Waals surface area contributed by atoms with Crippen LogP contribution >= 0.6 is 0 Å². The predicted octanol–water partition coefficient (Wildman–Crippen LogP) is 7.39. The third-order valence-corrected chi connectivity index (χ3v) is 8.81. The molecule has 26 heavy (non-hydrogen) atoms. The van der Waals surface area contributed by atoms with Crippen LogP contribution in [-0.4, -0.2) is 11.7 Å². The van der Waals surface area contributed by atoms with Gasteiger partial charge in [-0.1, -0.05) is 52.7 Å². The van der Waals surface area contributed by atoms with Crippen molar-refractivity contribution in [3.8, 4) is 0 Å². The molecule has 0 bridgehead atoms. The summed E-state index contributed by atoms with van der Waals surface area (Å²) in [4.78, 5) is 0. The molecule has 1 nitrogen and oxygen atoms in total. The van der Waals surface area contributed by atoms with E-state index in [-0.39, 0.29) is 11.7 Å². The number of rotatable bonds is 1. The van der Waals surface area contributed by atoms with Crippen molar-refractivity contribution in [2.75, 3.05) is 0 Å². The average Bonchev–Trinajstić information content (AvgIpc) is 2.89. The van der Waals surface area contributed by atoms with Crippen molar-refractivity contribution in [2.45, 2.75) is 85.9 Å². The first-order valence-electron chi connectivity index (χ1n) is 9.67. The smallest absolute Gasteiger partial charge is 0.0237 e. The molecule has 2 aromatic rings. The van der Waals surface area contributed by atoms with Crippen LogP contribution in [0.4, 0.5) is 0 Å². The molecule has 0 spiro atoms. The van der Waals surface area contributed by atoms with Gasteiger partial charge in [-0.15, -0.1) is 40.1 Å². The first kappa shape index (κ1) is 23.8. The largest absolute Gasteiger partial charge is 0.165 e. The second-order valence-electron chi connectivity index (χ2n) is 9.89. The molecule has 3 rings (SSSR count). The fourth-order valence-corrected chi connectivity index (χ4v) is 2.93. The maximum absolute atomic E-state index is 6.94. The van der Waals surface area contributed by atoms with Gasteiger partial charge in [0.15, 0.2) is 0 Å². The standard InChI is InChI=1S/C15H17.C4H10N.C4H10Si.Ti/c1-10-4-11-6-13-8-15(2,3)9-14(13)7-12(11)5-10;1-4(2,3)5;1-4(2)5-3;/h4-7H,8-9H2,1-3H3;5H,1-3H3;4H,1-3H3;/q2*-1;;+2. The summed E-state index contributed by atoms with van der Waals surface area (Å²) in [6, 6.07) is 9.38. The SMILES string of the molecule is CC(C)(C)[NH-].CC(C)[Si](C)=[Ti+2].Cc1cc2cc3c(cc2[cH-]1)CC(C)(C)C3. The molecule has 0 amide bonds. The third kappa shape index (κ3) is 8.61. The van der Waals surface area contributed by atoms with Gasteiger partial charge in [-0.05, 0) is 18.3 Å². The van der Waals surface area contributed by atoms with E-state index in [0.717, 1.165) is 5.54 Å². The zero-order valence-corrected chi connectivity index (χ0v) is 20.9. The molecule has 0 heterocycles. The minimum atomic E-state index is -0.250. The summed E-state index contributed by atoms with van der Waals surface area (Å²) in [5.41, 5.74) is 12.6. The maximum atomic E-state index is 6.94. The van der Waals surface area contributed by atoms with Gasteiger partial charge in [0, 0.05) is 0 Å². The van der Waals surface area contributed by atoms with E-state index in [1.165, 1.54) is 29.2 Å². The Morgan fingerprint density at radius 1 is 1.12 bits per heavy atom. The minimum absolute atomic E-state index is 0.0484. The first-order valence-corrected chi connectivity index (χ1v) is 14.1. The van der Waals surface area contributed by atoms with Crippen LogP contribution in [0.25, 0.3) is 16.5 Å². The van der Waals surface area contributed by atoms with E-state index in [2.05, 4.69) is 84.6 Å². The van der Waals surface area contributed by atoms with Crippen LogP contribution in [0, 0.1) is 12.3 Å². The number of hydrogen-bond donors (Lipinski definition) is 0. The number of benzene rings is 1. The van der Waals surface area contributed by atoms with Gasteiger partial charge in [0.2, 0.25) is 0 Å². The van der Waals surface area contributed by atoms with Crippen molar-refractivity contribution in [2.24, 2.45) is 5.41 Å². The minimum Gasteiger partial charge on any atom is -0.165 e. The number of hydrogen-bond acceptors (Lipinski definition) is 0. The van der Waals surface area contributed by atoms with Gasteiger partial charge in [-0.3, -0.25) is 0 Å². The molecule has 0 aliphatic heterocycles. The third-order valence-electron chi connectivity index (χ3n) is 4.38. The van der Waals surface area contributed by atoms with Gasteiger partial charge in [0.1, 0.15) is 0 Å². The van der Waals surface area contributed by atoms with Gasteiger partial charge in [-0.2, -0.15) is 6.07 Å². The number of nitrogens with one attached hydrogen (secondary N) is 1. The van der Waals surface area contributed by atoms with Crippen LogP contribution in [0.2, 0.25) is 12.1 Å². The zero-order chi connectivity index (χ0) is 20.3. The zero-order valence-electron chi connectivity index (χ0n) is 18.3. The molecule has 0 saturated heterocycles. The average molecular weight is 404 g/mol. The van der Waals surface area contributed by atoms with Crippen molar-refractivity contribution >= 4 is 17.0 Å². The fourth-order valence-electron chi connectivity index (χ4n) is 2.93. The second-order valence-corrected chi connectivity index (χ2v) is 16.1. The van der Waals surface area contributed by atoms with E-state index in [0.29, 0.717) is 5.41 Å². The Bertz CT molecular complexity index is 696. The Kier molecular flexibility index (Phi) is 8.48. The molecule has 0 atom stereocenters. The van der Waals surface area contributed by atoms with Crippen molar-refractivity contribution in [1.29, 1.82) is 0 Å². The molecule has 0 aromatic heterocycles. The maximum Gasteiger partial charge on any atom is -0.0237 e. The number of aryl methyl sites for hydroxylation is 1. The normalized spacial score (nSPS) is 15.1. The topological polar surface area (TPSA) is 23.8 Å². The summed E-state index contributed by atoms with van der Waals surface area (Å²) in [5.74, 6) is 0. The molecule has 0 fully saturated rings. The van der Waals surface area contributed by atoms with E-state index in [9.17, 15) is 0 Å². The van der Waals surface area contributed by atoms with Crippen molar-refractivity contribution in [3.05, 3.63) is 46.7 Å². The van der Waals surface area contributed by atoms with Crippen molar-refractivity contribution < 1.29 is 19.2 Å². The van der Waals surface area contributed by atoms with E-state index in [1.807, 2.05) is 20.8 Å². The first-order chi connectivity index (χ1) is 11.7. The molecular formula is C23H37NSiTi. The van der Waals surface area contributed by atoms with Crippen LogP contribution in [0.5, 0.6) is 0 Å². The van der Waals surface area contributed by atoms with Crippen molar-refractivity contribution in [3.63, 3.8) is 0 Å². The van der Waals surface area contributed by atoms with Crippen LogP contribution in [0.15, 0.2) is 24.3 Å². The van der Waals surface area contributed by atoms with Crippen molar-refractivity contribution in [1.82, 2.24) is 0 Å². The quantitative estimate of drug-likeness (QED) is 0.350. The van der Waals surface area contributed by atoms with Gasteiger partial charge in [0.05, 0.1) is 0 Å². The summed E-state index contributed by atoms with van der Waals surface area (Å²) in [5, 5.41) is 2.84. The van der Waals surface area contributed by atoms with Gasteiger partial charge >= 0.3 is 51.3 Å². The second kappa shape index (κ2) is 9.28. The fraction of sp³-hybridized carbons (Fsp3) is 0.609. The Morgan fingerprint density at radius 2 is 1.54 bits per heavy atom. The summed E-state index contributed by atoms with van der Waals surface area (Å²) in [6.45, 7) is 19.4. The Morgan fingerprint density at radius 3 is 1.96 bits per heavy atom. The molecule has 0 radical (unpaired) electrons. The summed E-state index contributed by atoms with van der Waals surface area (Å²) in [6.07, 6.45) is 2.53. The summed E-state index contributed by atoms with van der Waals surface area (Å²) >= 11 is 2.34. The number of fused-ring (bicyclic) bond motifs is 2. The van der Waals surface area contributed by atoms with Crippen LogP contribution in [0.1, 0.15) is 65.2 Å². The summed E-state index contributed by atoms with van der Waals surface area (Å²) < 4.78 is 0. The molecule has 3 heteroatoms. The van der Waals surface area contributed by atoms with Gasteiger partial charge < -0.3 is 5.73 Å². The van der Waals surface area contributed by atoms with Gasteiger partial charge in [0.25, 0.3) is 0 Å². The molecular weight excluding hydrogens is 366 g/mol. The van der Waals surface area contributed by atoms with Crippen LogP contribution in [0.3, 0.4) is 0 Å². The Labute approximate surface area is 173 Å². The van der Waals surface area contributed by atoms with E-state index in [4.69, 9.17) is 5.73 Å². The van der Waals surface area contributed by atoms with E-state index < -0.39 is 0 Å². The Hall–Kier alpha value is -0.279. The van der Waals surface area contributed by atoms with E-state index in [1.54, 1.807) is 11.1 Å². The molecule has 142 valence electrons.